The van der Waals surface area contributed by atoms with Crippen LogP contribution in [-0.2, 0) is 27.3 Å². The van der Waals surface area contributed by atoms with Crippen LogP contribution in [0.1, 0.15) is 36.5 Å². The van der Waals surface area contributed by atoms with Crippen molar-refractivity contribution in [3.05, 3.63) is 59.2 Å². The maximum atomic E-state index is 11.7. The van der Waals surface area contributed by atoms with E-state index in [1.165, 1.54) is 0 Å². The molecule has 1 fully saturated rings. The SMILES string of the molecule is CC(CC(=O)O)N(N1CCN(c2ccc(C#Cc3ccc4c(c3)NC(=O)CC4)cc2)CC1)S(=O)[O-]. The van der Waals surface area contributed by atoms with Crippen molar-refractivity contribution in [1.82, 2.24) is 9.42 Å². The quantitative estimate of drug-likeness (QED) is 0.465. The summed E-state index contributed by atoms with van der Waals surface area (Å²) in [6.45, 7) is 3.75. The van der Waals surface area contributed by atoms with E-state index in [4.69, 9.17) is 5.11 Å². The van der Waals surface area contributed by atoms with E-state index in [0.717, 1.165) is 38.9 Å². The number of rotatable bonds is 6. The molecule has 1 amide bonds. The van der Waals surface area contributed by atoms with E-state index in [1.807, 2.05) is 42.5 Å². The van der Waals surface area contributed by atoms with Crippen LogP contribution in [0.15, 0.2) is 42.5 Å². The Labute approximate surface area is 207 Å². The first-order valence-corrected chi connectivity index (χ1v) is 12.5. The van der Waals surface area contributed by atoms with Crippen molar-refractivity contribution in [1.29, 1.82) is 0 Å². The fraction of sp³-hybridized carbons (Fsp3) is 0.360. The number of carboxylic acids is 1. The Morgan fingerprint density at radius 3 is 2.43 bits per heavy atom. The van der Waals surface area contributed by atoms with Gasteiger partial charge in [0.1, 0.15) is 0 Å². The average Bonchev–Trinajstić information content (AvgIpc) is 2.82. The maximum Gasteiger partial charge on any atom is 0.305 e. The predicted octanol–water partition coefficient (Wildman–Crippen LogP) is 1.97. The number of carboxylic acid groups (broad SMARTS) is 1. The van der Waals surface area contributed by atoms with Gasteiger partial charge in [-0.2, -0.15) is 4.41 Å². The van der Waals surface area contributed by atoms with Crippen LogP contribution in [0.25, 0.3) is 0 Å². The molecule has 0 bridgehead atoms. The fourth-order valence-electron chi connectivity index (χ4n) is 4.35. The first-order valence-electron chi connectivity index (χ1n) is 11.5. The highest BCUT2D eigenvalue weighted by molar-refractivity contribution is 7.76. The number of aryl methyl sites for hydroxylation is 1. The van der Waals surface area contributed by atoms with Gasteiger partial charge in [0.2, 0.25) is 5.91 Å². The minimum atomic E-state index is -2.54. The van der Waals surface area contributed by atoms with Gasteiger partial charge in [-0.3, -0.25) is 13.8 Å². The Balaban J connectivity index is 1.37. The third-order valence-electron chi connectivity index (χ3n) is 6.12. The lowest BCUT2D eigenvalue weighted by atomic mass is 10.0. The normalized spacial score (nSPS) is 17.7. The molecule has 2 unspecified atom stereocenters. The molecule has 2 N–H and O–H groups in total. The molecular weight excluding hydrogens is 468 g/mol. The minimum Gasteiger partial charge on any atom is -0.759 e. The molecule has 2 aliphatic heterocycles. The maximum absolute atomic E-state index is 11.7. The number of carbonyl (C=O) groups excluding carboxylic acids is 1. The van der Waals surface area contributed by atoms with Gasteiger partial charge in [0.15, 0.2) is 0 Å². The summed E-state index contributed by atoms with van der Waals surface area (Å²) in [7, 11) is 0. The highest BCUT2D eigenvalue weighted by Crippen LogP contribution is 2.24. The van der Waals surface area contributed by atoms with Crippen molar-refractivity contribution < 1.29 is 23.5 Å². The minimum absolute atomic E-state index is 0.0304. The van der Waals surface area contributed by atoms with Gasteiger partial charge in [0.25, 0.3) is 0 Å². The predicted molar refractivity (Wildman–Crippen MR) is 132 cm³/mol. The van der Waals surface area contributed by atoms with Gasteiger partial charge in [-0.15, -0.1) is 0 Å². The number of benzene rings is 2. The molecule has 0 spiro atoms. The summed E-state index contributed by atoms with van der Waals surface area (Å²) in [6.07, 6.45) is 1.01. The Hall–Kier alpha value is -3.23. The molecule has 2 aromatic rings. The number of fused-ring (bicyclic) bond motifs is 1. The lowest BCUT2D eigenvalue weighted by Gasteiger charge is -2.44. The molecule has 1 saturated heterocycles. The fourth-order valence-corrected chi connectivity index (χ4v) is 5.07. The van der Waals surface area contributed by atoms with Crippen LogP contribution in [0.5, 0.6) is 0 Å². The molecule has 4 rings (SSSR count). The molecule has 0 aliphatic carbocycles. The van der Waals surface area contributed by atoms with E-state index >= 15 is 0 Å². The van der Waals surface area contributed by atoms with Crippen LogP contribution in [0, 0.1) is 11.8 Å². The van der Waals surface area contributed by atoms with E-state index in [1.54, 1.807) is 11.9 Å². The summed E-state index contributed by atoms with van der Waals surface area (Å²) < 4.78 is 24.5. The highest BCUT2D eigenvalue weighted by Gasteiger charge is 2.28. The van der Waals surface area contributed by atoms with E-state index in [2.05, 4.69) is 22.1 Å². The summed E-state index contributed by atoms with van der Waals surface area (Å²) in [5.41, 5.74) is 4.67. The number of nitrogens with one attached hydrogen (secondary N) is 1. The molecule has 184 valence electrons. The van der Waals surface area contributed by atoms with Gasteiger partial charge in [0.05, 0.1) is 6.42 Å². The number of hydrogen-bond donors (Lipinski definition) is 2. The lowest BCUT2D eigenvalue weighted by Crippen LogP contribution is -2.57. The van der Waals surface area contributed by atoms with Crippen LogP contribution >= 0.6 is 0 Å². The van der Waals surface area contributed by atoms with Crippen molar-refractivity contribution in [3.63, 3.8) is 0 Å². The number of carbonyl (C=O) groups is 2. The summed E-state index contributed by atoms with van der Waals surface area (Å²) in [4.78, 5) is 24.8. The molecule has 2 heterocycles. The van der Waals surface area contributed by atoms with E-state index < -0.39 is 23.3 Å². The number of hydrazine groups is 1. The van der Waals surface area contributed by atoms with Crippen molar-refractivity contribution in [2.24, 2.45) is 0 Å². The third kappa shape index (κ3) is 6.26. The average molecular weight is 496 g/mol. The second-order valence-corrected chi connectivity index (χ2v) is 9.43. The molecule has 0 radical (unpaired) electrons. The molecular formula is C25H27N4O5S-. The Bertz CT molecular complexity index is 1180. The molecule has 35 heavy (non-hydrogen) atoms. The summed E-state index contributed by atoms with van der Waals surface area (Å²) >= 11 is -2.54. The zero-order valence-electron chi connectivity index (χ0n) is 19.4. The number of amides is 1. The topological polar surface area (TPSA) is 116 Å². The van der Waals surface area contributed by atoms with Gasteiger partial charge in [0, 0.05) is 72.4 Å². The van der Waals surface area contributed by atoms with Crippen LogP contribution in [0.4, 0.5) is 11.4 Å². The number of aliphatic carboxylic acids is 1. The van der Waals surface area contributed by atoms with Gasteiger partial charge in [-0.1, -0.05) is 17.9 Å². The third-order valence-corrected chi connectivity index (χ3v) is 7.02. The van der Waals surface area contributed by atoms with Crippen LogP contribution < -0.4 is 10.2 Å². The molecule has 2 atom stereocenters. The number of nitrogens with zero attached hydrogens (tertiary/aromatic N) is 3. The summed E-state index contributed by atoms with van der Waals surface area (Å²) in [5.74, 6) is 5.31. The van der Waals surface area contributed by atoms with E-state index in [9.17, 15) is 18.4 Å². The second-order valence-electron chi connectivity index (χ2n) is 8.62. The number of anilines is 2. The van der Waals surface area contributed by atoms with Crippen molar-refractivity contribution in [3.8, 4) is 11.8 Å². The van der Waals surface area contributed by atoms with Gasteiger partial charge < -0.3 is 19.9 Å². The Morgan fingerprint density at radius 2 is 1.77 bits per heavy atom. The zero-order chi connectivity index (χ0) is 24.9. The summed E-state index contributed by atoms with van der Waals surface area (Å²) in [6, 6.07) is 13.1. The Kier molecular flexibility index (Phi) is 7.83. The van der Waals surface area contributed by atoms with Gasteiger partial charge >= 0.3 is 5.97 Å². The van der Waals surface area contributed by atoms with Crippen molar-refractivity contribution in [2.75, 3.05) is 36.4 Å². The zero-order valence-corrected chi connectivity index (χ0v) is 20.2. The number of hydrogen-bond acceptors (Lipinski definition) is 6. The second kappa shape index (κ2) is 11.0. The molecule has 2 aromatic carbocycles. The van der Waals surface area contributed by atoms with Gasteiger partial charge in [-0.25, -0.2) is 5.01 Å². The van der Waals surface area contributed by atoms with Crippen LogP contribution in [-0.4, -0.2) is 67.4 Å². The summed E-state index contributed by atoms with van der Waals surface area (Å²) in [5, 5.41) is 13.6. The molecule has 9 nitrogen and oxygen atoms in total. The molecule has 2 aliphatic rings. The largest absolute Gasteiger partial charge is 0.759 e. The van der Waals surface area contributed by atoms with E-state index in [0.29, 0.717) is 32.6 Å². The lowest BCUT2D eigenvalue weighted by molar-refractivity contribution is -0.139. The van der Waals surface area contributed by atoms with Gasteiger partial charge in [-0.05, 0) is 55.3 Å². The standard InChI is InChI=1S/C25H28N4O5S/c1-18(16-25(31)32)29(35(33)34)28-14-12-27(13-15-28)22-9-5-19(6-10-22)2-3-20-4-7-21-8-11-24(30)26-23(21)17-20/h4-7,9-10,17-18H,8,11-16H2,1H3,(H,26,30)(H,31,32)(H,33,34)/p-1. The van der Waals surface area contributed by atoms with Crippen molar-refractivity contribution in [2.45, 2.75) is 32.2 Å². The van der Waals surface area contributed by atoms with E-state index in [-0.39, 0.29) is 12.3 Å². The monoisotopic (exact) mass is 495 g/mol. The number of piperazine rings is 1. The van der Waals surface area contributed by atoms with Crippen molar-refractivity contribution >= 4 is 34.5 Å². The smallest absolute Gasteiger partial charge is 0.305 e. The van der Waals surface area contributed by atoms with Crippen LogP contribution in [0.2, 0.25) is 0 Å². The Morgan fingerprint density at radius 1 is 1.11 bits per heavy atom. The molecule has 10 heteroatoms. The first-order chi connectivity index (χ1) is 16.8. The van der Waals surface area contributed by atoms with Crippen LogP contribution in [0.3, 0.4) is 0 Å². The molecule has 0 aromatic heterocycles. The first kappa shape index (κ1) is 24.9. The molecule has 0 saturated carbocycles. The highest BCUT2D eigenvalue weighted by atomic mass is 32.2.